The number of aryl methyl sites for hydroxylation is 1. The van der Waals surface area contributed by atoms with Crippen LogP contribution in [0.3, 0.4) is 0 Å². The number of carbonyl (C=O) groups excluding carboxylic acids is 1. The number of fused-ring (bicyclic) bond motifs is 1. The standard InChI is InChI=1S/C18H17NO2/c1-3-21-18(20)17-16(13-7-5-4-6-8-13)14-11-12(2)9-10-15(14)19-17/h4-11,19H,3H2,1-2H3. The van der Waals surface area contributed by atoms with E-state index >= 15 is 0 Å². The predicted molar refractivity (Wildman–Crippen MR) is 84.4 cm³/mol. The maximum Gasteiger partial charge on any atom is 0.355 e. The molecule has 21 heavy (non-hydrogen) atoms. The molecule has 2 aromatic carbocycles. The van der Waals surface area contributed by atoms with Gasteiger partial charge in [-0.1, -0.05) is 42.0 Å². The monoisotopic (exact) mass is 279 g/mol. The first-order valence-corrected chi connectivity index (χ1v) is 7.05. The lowest BCUT2D eigenvalue weighted by Gasteiger charge is -2.05. The Balaban J connectivity index is 2.29. The van der Waals surface area contributed by atoms with E-state index in [0.717, 1.165) is 27.6 Å². The summed E-state index contributed by atoms with van der Waals surface area (Å²) in [6, 6.07) is 16.0. The van der Waals surface area contributed by atoms with Crippen LogP contribution in [0.25, 0.3) is 22.0 Å². The number of H-pyrrole nitrogens is 1. The van der Waals surface area contributed by atoms with Gasteiger partial charge in [-0.05, 0) is 31.5 Å². The van der Waals surface area contributed by atoms with E-state index < -0.39 is 0 Å². The third-order valence-electron chi connectivity index (χ3n) is 3.50. The first kappa shape index (κ1) is 13.4. The van der Waals surface area contributed by atoms with Crippen LogP contribution in [0.4, 0.5) is 0 Å². The third-order valence-corrected chi connectivity index (χ3v) is 3.50. The summed E-state index contributed by atoms with van der Waals surface area (Å²) < 4.78 is 5.18. The van der Waals surface area contributed by atoms with Gasteiger partial charge < -0.3 is 9.72 Å². The zero-order valence-corrected chi connectivity index (χ0v) is 12.1. The Labute approximate surface area is 123 Å². The molecule has 0 spiro atoms. The van der Waals surface area contributed by atoms with E-state index in [9.17, 15) is 4.79 Å². The molecule has 0 saturated carbocycles. The average Bonchev–Trinajstić information content (AvgIpc) is 2.87. The summed E-state index contributed by atoms with van der Waals surface area (Å²) in [6.45, 7) is 4.22. The first-order valence-electron chi connectivity index (χ1n) is 7.05. The maximum atomic E-state index is 12.2. The largest absolute Gasteiger partial charge is 0.461 e. The van der Waals surface area contributed by atoms with Crippen molar-refractivity contribution in [3.05, 3.63) is 59.8 Å². The zero-order valence-electron chi connectivity index (χ0n) is 12.1. The molecule has 0 aliphatic heterocycles. The minimum absolute atomic E-state index is 0.315. The lowest BCUT2D eigenvalue weighted by Crippen LogP contribution is -2.06. The molecule has 3 nitrogen and oxygen atoms in total. The highest BCUT2D eigenvalue weighted by Crippen LogP contribution is 2.33. The Hall–Kier alpha value is -2.55. The predicted octanol–water partition coefficient (Wildman–Crippen LogP) is 4.32. The number of esters is 1. The van der Waals surface area contributed by atoms with Gasteiger partial charge >= 0.3 is 5.97 Å². The first-order chi connectivity index (χ1) is 10.2. The van der Waals surface area contributed by atoms with Crippen molar-refractivity contribution in [3.8, 4) is 11.1 Å². The topological polar surface area (TPSA) is 42.1 Å². The molecule has 0 saturated heterocycles. The fourth-order valence-electron chi connectivity index (χ4n) is 2.57. The van der Waals surface area contributed by atoms with Gasteiger partial charge in [-0.25, -0.2) is 4.79 Å². The average molecular weight is 279 g/mol. The molecule has 0 bridgehead atoms. The lowest BCUT2D eigenvalue weighted by molar-refractivity contribution is 0.0521. The quantitative estimate of drug-likeness (QED) is 0.725. The summed E-state index contributed by atoms with van der Waals surface area (Å²) in [5.74, 6) is -0.315. The number of benzene rings is 2. The van der Waals surface area contributed by atoms with Gasteiger partial charge in [-0.15, -0.1) is 0 Å². The van der Waals surface area contributed by atoms with Gasteiger partial charge in [-0.2, -0.15) is 0 Å². The lowest BCUT2D eigenvalue weighted by atomic mass is 10.0. The number of aromatic amines is 1. The number of hydrogen-bond donors (Lipinski definition) is 1. The van der Waals surface area contributed by atoms with Crippen molar-refractivity contribution in [3.63, 3.8) is 0 Å². The van der Waals surface area contributed by atoms with Crippen molar-refractivity contribution in [1.29, 1.82) is 0 Å². The Morgan fingerprint density at radius 2 is 1.90 bits per heavy atom. The molecule has 106 valence electrons. The van der Waals surface area contributed by atoms with E-state index in [-0.39, 0.29) is 5.97 Å². The molecule has 1 aromatic heterocycles. The summed E-state index contributed by atoms with van der Waals surface area (Å²) in [5.41, 5.74) is 4.55. The second kappa shape index (κ2) is 5.44. The summed E-state index contributed by atoms with van der Waals surface area (Å²) in [6.07, 6.45) is 0. The second-order valence-electron chi connectivity index (χ2n) is 5.01. The molecule has 0 fully saturated rings. The van der Waals surface area contributed by atoms with Crippen LogP contribution in [-0.2, 0) is 4.74 Å². The van der Waals surface area contributed by atoms with Gasteiger partial charge in [0, 0.05) is 16.5 Å². The summed E-state index contributed by atoms with van der Waals surface area (Å²) in [7, 11) is 0. The number of carbonyl (C=O) groups is 1. The van der Waals surface area contributed by atoms with Crippen molar-refractivity contribution >= 4 is 16.9 Å². The summed E-state index contributed by atoms with van der Waals surface area (Å²) >= 11 is 0. The van der Waals surface area contributed by atoms with Crippen LogP contribution >= 0.6 is 0 Å². The highest BCUT2D eigenvalue weighted by molar-refractivity contribution is 6.08. The summed E-state index contributed by atoms with van der Waals surface area (Å²) in [5, 5.41) is 1.05. The van der Waals surface area contributed by atoms with Crippen molar-refractivity contribution in [2.75, 3.05) is 6.61 Å². The van der Waals surface area contributed by atoms with E-state index in [1.165, 1.54) is 0 Å². The molecule has 3 heteroatoms. The van der Waals surface area contributed by atoms with Crippen molar-refractivity contribution in [2.45, 2.75) is 13.8 Å². The van der Waals surface area contributed by atoms with E-state index in [1.807, 2.05) is 56.3 Å². The number of aromatic nitrogens is 1. The van der Waals surface area contributed by atoms with Crippen LogP contribution in [-0.4, -0.2) is 17.6 Å². The molecular weight excluding hydrogens is 262 g/mol. The van der Waals surface area contributed by atoms with Gasteiger partial charge in [0.05, 0.1) is 6.61 Å². The van der Waals surface area contributed by atoms with Gasteiger partial charge in [0.2, 0.25) is 0 Å². The van der Waals surface area contributed by atoms with Crippen molar-refractivity contribution < 1.29 is 9.53 Å². The van der Waals surface area contributed by atoms with E-state index in [0.29, 0.717) is 12.3 Å². The van der Waals surface area contributed by atoms with Crippen LogP contribution in [0.1, 0.15) is 23.0 Å². The van der Waals surface area contributed by atoms with E-state index in [4.69, 9.17) is 4.74 Å². The Kier molecular flexibility index (Phi) is 3.48. The minimum Gasteiger partial charge on any atom is -0.461 e. The number of nitrogens with one attached hydrogen (secondary N) is 1. The highest BCUT2D eigenvalue weighted by Gasteiger charge is 2.19. The molecule has 0 unspecified atom stereocenters. The molecule has 1 N–H and O–H groups in total. The van der Waals surface area contributed by atoms with Crippen LogP contribution in [0.2, 0.25) is 0 Å². The fourth-order valence-corrected chi connectivity index (χ4v) is 2.57. The smallest absolute Gasteiger partial charge is 0.355 e. The normalized spacial score (nSPS) is 10.8. The van der Waals surface area contributed by atoms with Gasteiger partial charge in [0.25, 0.3) is 0 Å². The Morgan fingerprint density at radius 1 is 1.14 bits per heavy atom. The fraction of sp³-hybridized carbons (Fsp3) is 0.167. The summed E-state index contributed by atoms with van der Waals surface area (Å²) in [4.78, 5) is 15.4. The molecule has 3 aromatic rings. The van der Waals surface area contributed by atoms with Crippen molar-refractivity contribution in [1.82, 2.24) is 4.98 Å². The molecule has 0 atom stereocenters. The van der Waals surface area contributed by atoms with Crippen LogP contribution < -0.4 is 0 Å². The second-order valence-corrected chi connectivity index (χ2v) is 5.01. The number of rotatable bonds is 3. The molecular formula is C18H17NO2. The zero-order chi connectivity index (χ0) is 14.8. The SMILES string of the molecule is CCOC(=O)c1[nH]c2ccc(C)cc2c1-c1ccccc1. The molecule has 0 aliphatic carbocycles. The molecule has 0 amide bonds. The minimum atomic E-state index is -0.315. The Morgan fingerprint density at radius 3 is 2.62 bits per heavy atom. The number of hydrogen-bond acceptors (Lipinski definition) is 2. The van der Waals surface area contributed by atoms with Gasteiger partial charge in [-0.3, -0.25) is 0 Å². The van der Waals surface area contributed by atoms with Crippen LogP contribution in [0, 0.1) is 6.92 Å². The highest BCUT2D eigenvalue weighted by atomic mass is 16.5. The van der Waals surface area contributed by atoms with Gasteiger partial charge in [0.1, 0.15) is 5.69 Å². The van der Waals surface area contributed by atoms with Crippen molar-refractivity contribution in [2.24, 2.45) is 0 Å². The molecule has 0 radical (unpaired) electrons. The van der Waals surface area contributed by atoms with E-state index in [2.05, 4.69) is 11.1 Å². The molecule has 3 rings (SSSR count). The third kappa shape index (κ3) is 2.42. The number of ether oxygens (including phenoxy) is 1. The molecule has 1 heterocycles. The Bertz CT molecular complexity index is 788. The van der Waals surface area contributed by atoms with Crippen LogP contribution in [0.5, 0.6) is 0 Å². The van der Waals surface area contributed by atoms with E-state index in [1.54, 1.807) is 0 Å². The van der Waals surface area contributed by atoms with Gasteiger partial charge in [0.15, 0.2) is 0 Å². The molecule has 0 aliphatic rings. The maximum absolute atomic E-state index is 12.2. The van der Waals surface area contributed by atoms with Crippen LogP contribution in [0.15, 0.2) is 48.5 Å².